The van der Waals surface area contributed by atoms with Crippen LogP contribution in [0.5, 0.6) is 0 Å². The fourth-order valence-corrected chi connectivity index (χ4v) is 2.82. The first-order chi connectivity index (χ1) is 9.70. The predicted octanol–water partition coefficient (Wildman–Crippen LogP) is 2.04. The van der Waals surface area contributed by atoms with E-state index in [0.29, 0.717) is 34.3 Å². The molecule has 0 aromatic carbocycles. The molecule has 20 heavy (non-hydrogen) atoms. The molecule has 0 amide bonds. The Balaban J connectivity index is 1.69. The lowest BCUT2D eigenvalue weighted by atomic mass is 10.5. The molecule has 3 heterocycles. The smallest absolute Gasteiger partial charge is 0.257 e. The van der Waals surface area contributed by atoms with Gasteiger partial charge in [0.1, 0.15) is 11.6 Å². The molecule has 0 saturated heterocycles. The van der Waals surface area contributed by atoms with Crippen molar-refractivity contribution in [3.8, 4) is 10.8 Å². The van der Waals surface area contributed by atoms with Gasteiger partial charge in [-0.3, -0.25) is 0 Å². The predicted molar refractivity (Wildman–Crippen MR) is 78.0 cm³/mol. The van der Waals surface area contributed by atoms with Crippen LogP contribution in [0.25, 0.3) is 10.8 Å². The van der Waals surface area contributed by atoms with Gasteiger partial charge in [-0.05, 0) is 11.4 Å². The first-order valence-electron chi connectivity index (χ1n) is 5.60. The summed E-state index contributed by atoms with van der Waals surface area (Å²) in [6.45, 7) is 0. The molecule has 0 atom stereocenters. The average Bonchev–Trinajstić information content (AvgIpc) is 3.06. The minimum absolute atomic E-state index is 0.338. The van der Waals surface area contributed by atoms with Crippen LogP contribution in [0.2, 0.25) is 0 Å². The Morgan fingerprint density at radius 1 is 1.20 bits per heavy atom. The maximum absolute atomic E-state index is 5.60. The molecule has 0 saturated carbocycles. The first-order valence-corrected chi connectivity index (χ1v) is 7.46. The van der Waals surface area contributed by atoms with Gasteiger partial charge in [0.15, 0.2) is 5.16 Å². The molecule has 0 aliphatic heterocycles. The summed E-state index contributed by atoms with van der Waals surface area (Å²) in [6, 6.07) is 5.37. The highest BCUT2D eigenvalue weighted by Crippen LogP contribution is 2.25. The summed E-state index contributed by atoms with van der Waals surface area (Å²) >= 11 is 2.88. The highest BCUT2D eigenvalue weighted by molar-refractivity contribution is 7.98. The number of rotatable bonds is 4. The molecule has 0 bridgehead atoms. The monoisotopic (exact) mass is 306 g/mol. The summed E-state index contributed by atoms with van der Waals surface area (Å²) in [5.41, 5.74) is 11.2. The van der Waals surface area contributed by atoms with Gasteiger partial charge in [-0.1, -0.05) is 17.8 Å². The molecule has 102 valence electrons. The number of thioether (sulfide) groups is 1. The van der Waals surface area contributed by atoms with Gasteiger partial charge < -0.3 is 15.9 Å². The van der Waals surface area contributed by atoms with E-state index in [1.165, 1.54) is 17.8 Å². The Morgan fingerprint density at radius 3 is 2.70 bits per heavy atom. The van der Waals surface area contributed by atoms with Gasteiger partial charge in [0.25, 0.3) is 5.89 Å². The minimum Gasteiger partial charge on any atom is -0.419 e. The summed E-state index contributed by atoms with van der Waals surface area (Å²) in [6.07, 6.45) is 0. The molecular weight excluding hydrogens is 296 g/mol. The lowest BCUT2D eigenvalue weighted by Crippen LogP contribution is -1.99. The van der Waals surface area contributed by atoms with E-state index in [1.54, 1.807) is 11.3 Å². The highest BCUT2D eigenvalue weighted by Gasteiger charge is 2.10. The van der Waals surface area contributed by atoms with Crippen LogP contribution in [0, 0.1) is 0 Å². The van der Waals surface area contributed by atoms with Crippen molar-refractivity contribution < 1.29 is 4.42 Å². The van der Waals surface area contributed by atoms with Crippen molar-refractivity contribution in [2.75, 3.05) is 11.5 Å². The number of aromatic nitrogens is 4. The van der Waals surface area contributed by atoms with Crippen LogP contribution >= 0.6 is 23.1 Å². The molecular formula is C11H10N6OS2. The van der Waals surface area contributed by atoms with E-state index in [1.807, 2.05) is 17.5 Å². The fourth-order valence-electron chi connectivity index (χ4n) is 1.46. The molecule has 3 rings (SSSR count). The minimum atomic E-state index is 0.338. The maximum atomic E-state index is 5.60. The van der Waals surface area contributed by atoms with Crippen LogP contribution in [-0.4, -0.2) is 20.2 Å². The number of hydrogen-bond acceptors (Lipinski definition) is 9. The summed E-state index contributed by atoms with van der Waals surface area (Å²) in [7, 11) is 0. The molecule has 0 spiro atoms. The second-order valence-electron chi connectivity index (χ2n) is 3.77. The molecule has 9 heteroatoms. The molecule has 7 nitrogen and oxygen atoms in total. The van der Waals surface area contributed by atoms with E-state index in [4.69, 9.17) is 15.9 Å². The van der Waals surface area contributed by atoms with Crippen molar-refractivity contribution in [3.05, 3.63) is 29.5 Å². The van der Waals surface area contributed by atoms with Crippen molar-refractivity contribution in [1.29, 1.82) is 0 Å². The third-order valence-electron chi connectivity index (χ3n) is 2.27. The number of anilines is 2. The number of thiophene rings is 1. The van der Waals surface area contributed by atoms with Gasteiger partial charge in [-0.2, -0.15) is 0 Å². The normalized spacial score (nSPS) is 10.8. The Kier molecular flexibility index (Phi) is 3.52. The van der Waals surface area contributed by atoms with Crippen LogP contribution in [0.3, 0.4) is 0 Å². The van der Waals surface area contributed by atoms with Crippen LogP contribution in [0.15, 0.2) is 33.2 Å². The summed E-state index contributed by atoms with van der Waals surface area (Å²) in [5.74, 6) is 2.16. The fraction of sp³-hybridized carbons (Fsp3) is 0.0909. The van der Waals surface area contributed by atoms with Gasteiger partial charge in [-0.25, -0.2) is 9.97 Å². The molecule has 4 N–H and O–H groups in total. The molecule has 3 aromatic heterocycles. The molecule has 0 aliphatic rings. The van der Waals surface area contributed by atoms with Gasteiger partial charge in [0, 0.05) is 6.07 Å². The molecule has 0 radical (unpaired) electrons. The second-order valence-corrected chi connectivity index (χ2v) is 5.66. The van der Waals surface area contributed by atoms with Crippen molar-refractivity contribution in [1.82, 2.24) is 20.2 Å². The molecule has 0 aliphatic carbocycles. The summed E-state index contributed by atoms with van der Waals surface area (Å²) < 4.78 is 5.56. The van der Waals surface area contributed by atoms with Crippen molar-refractivity contribution in [2.24, 2.45) is 0 Å². The zero-order valence-electron chi connectivity index (χ0n) is 10.2. The largest absolute Gasteiger partial charge is 0.419 e. The SMILES string of the molecule is Nc1cc(N)nc(SCc2nnc(-c3cccs3)o2)n1. The van der Waals surface area contributed by atoms with Gasteiger partial charge in [-0.15, -0.1) is 21.5 Å². The maximum Gasteiger partial charge on any atom is 0.257 e. The van der Waals surface area contributed by atoms with E-state index < -0.39 is 0 Å². The number of nitrogens with zero attached hydrogens (tertiary/aromatic N) is 4. The Bertz CT molecular complexity index is 691. The van der Waals surface area contributed by atoms with E-state index in [0.717, 1.165) is 4.88 Å². The zero-order valence-corrected chi connectivity index (χ0v) is 11.8. The number of nitrogen functional groups attached to an aromatic ring is 2. The third-order valence-corrected chi connectivity index (χ3v) is 3.96. The first kappa shape index (κ1) is 12.9. The van der Waals surface area contributed by atoms with Crippen molar-refractivity contribution in [3.63, 3.8) is 0 Å². The van der Waals surface area contributed by atoms with E-state index in [-0.39, 0.29) is 0 Å². The van der Waals surface area contributed by atoms with Gasteiger partial charge in [0.05, 0.1) is 10.6 Å². The van der Waals surface area contributed by atoms with E-state index in [9.17, 15) is 0 Å². The Labute approximate surface area is 122 Å². The lowest BCUT2D eigenvalue weighted by molar-refractivity contribution is 0.529. The molecule has 3 aromatic rings. The third kappa shape index (κ3) is 2.89. The number of nitrogens with two attached hydrogens (primary N) is 2. The molecule has 0 unspecified atom stereocenters. The van der Waals surface area contributed by atoms with Gasteiger partial charge >= 0.3 is 0 Å². The average molecular weight is 306 g/mol. The van der Waals surface area contributed by atoms with Crippen molar-refractivity contribution in [2.45, 2.75) is 10.9 Å². The molecule has 0 fully saturated rings. The summed E-state index contributed by atoms with van der Waals surface area (Å²) in [5, 5.41) is 10.4. The van der Waals surface area contributed by atoms with Crippen LogP contribution < -0.4 is 11.5 Å². The second kappa shape index (κ2) is 5.47. The Hall–Kier alpha value is -2.13. The van der Waals surface area contributed by atoms with E-state index in [2.05, 4.69) is 20.2 Å². The van der Waals surface area contributed by atoms with Crippen molar-refractivity contribution >= 4 is 34.7 Å². The topological polar surface area (TPSA) is 117 Å². The van der Waals surface area contributed by atoms with Crippen LogP contribution in [-0.2, 0) is 5.75 Å². The van der Waals surface area contributed by atoms with E-state index >= 15 is 0 Å². The zero-order chi connectivity index (χ0) is 13.9. The van der Waals surface area contributed by atoms with Crippen LogP contribution in [0.4, 0.5) is 11.6 Å². The van der Waals surface area contributed by atoms with Gasteiger partial charge in [0.2, 0.25) is 5.89 Å². The quantitative estimate of drug-likeness (QED) is 0.555. The lowest BCUT2D eigenvalue weighted by Gasteiger charge is -2.00. The highest BCUT2D eigenvalue weighted by atomic mass is 32.2. The number of hydrogen-bond donors (Lipinski definition) is 2. The Morgan fingerprint density at radius 2 is 2.00 bits per heavy atom. The summed E-state index contributed by atoms with van der Waals surface area (Å²) in [4.78, 5) is 9.08. The standard InChI is InChI=1S/C11H10N6OS2/c12-7-4-8(13)15-11(14-7)20-5-9-16-17-10(18-9)6-2-1-3-19-6/h1-4H,5H2,(H4,12,13,14,15). The van der Waals surface area contributed by atoms with Crippen LogP contribution in [0.1, 0.15) is 5.89 Å².